The van der Waals surface area contributed by atoms with Crippen LogP contribution in [0.1, 0.15) is 16.1 Å². The number of hydrogen-bond acceptors (Lipinski definition) is 7. The summed E-state index contributed by atoms with van der Waals surface area (Å²) in [5, 5.41) is 4.39. The van der Waals surface area contributed by atoms with Gasteiger partial charge in [-0.1, -0.05) is 0 Å². The quantitative estimate of drug-likeness (QED) is 0.631. The van der Waals surface area contributed by atoms with Crippen LogP contribution in [0.15, 0.2) is 35.7 Å². The Bertz CT molecular complexity index is 804. The third-order valence-corrected chi connectivity index (χ3v) is 4.60. The van der Waals surface area contributed by atoms with E-state index >= 15 is 0 Å². The Labute approximate surface area is 160 Å². The number of methoxy groups -OCH3 is 2. The highest BCUT2D eigenvalue weighted by Crippen LogP contribution is 2.24. The van der Waals surface area contributed by atoms with Gasteiger partial charge in [0.1, 0.15) is 10.6 Å². The third kappa shape index (κ3) is 5.71. The summed E-state index contributed by atoms with van der Waals surface area (Å²) in [6, 6.07) is 8.74. The van der Waals surface area contributed by atoms with Crippen molar-refractivity contribution in [3.05, 3.63) is 40.6 Å². The van der Waals surface area contributed by atoms with Crippen LogP contribution >= 0.6 is 11.3 Å². The minimum Gasteiger partial charge on any atom is -0.497 e. The van der Waals surface area contributed by atoms with Crippen LogP contribution in [0.3, 0.4) is 0 Å². The maximum Gasteiger partial charge on any atom is 0.350 e. The molecule has 8 nitrogen and oxygen atoms in total. The number of ether oxygens (including phenoxy) is 2. The first-order valence-electron chi connectivity index (χ1n) is 8.07. The molecule has 27 heavy (non-hydrogen) atoms. The predicted octanol–water partition coefficient (Wildman–Crippen LogP) is 1.86. The van der Waals surface area contributed by atoms with E-state index in [2.05, 4.69) is 5.32 Å². The topological polar surface area (TPSA) is 111 Å². The highest BCUT2D eigenvalue weighted by Gasteiger charge is 2.18. The number of nitrogens with one attached hydrogen (secondary N) is 1. The van der Waals surface area contributed by atoms with Crippen LogP contribution in [0.4, 0.5) is 11.4 Å². The Morgan fingerprint density at radius 2 is 1.85 bits per heavy atom. The molecule has 0 atom stereocenters. The zero-order chi connectivity index (χ0) is 19.8. The van der Waals surface area contributed by atoms with Crippen molar-refractivity contribution in [1.82, 2.24) is 0 Å². The van der Waals surface area contributed by atoms with E-state index in [-0.39, 0.29) is 25.4 Å². The molecule has 1 aromatic carbocycles. The summed E-state index contributed by atoms with van der Waals surface area (Å²) in [7, 11) is 2.84. The molecule has 0 spiro atoms. The van der Waals surface area contributed by atoms with E-state index in [1.54, 1.807) is 47.7 Å². The van der Waals surface area contributed by atoms with Gasteiger partial charge in [0.2, 0.25) is 11.8 Å². The molecule has 0 aliphatic carbocycles. The normalized spacial score (nSPS) is 10.1. The fourth-order valence-corrected chi connectivity index (χ4v) is 3.12. The summed E-state index contributed by atoms with van der Waals surface area (Å²) < 4.78 is 9.83. The Morgan fingerprint density at radius 3 is 2.44 bits per heavy atom. The van der Waals surface area contributed by atoms with Gasteiger partial charge in [-0.3, -0.25) is 9.59 Å². The predicted molar refractivity (Wildman–Crippen MR) is 103 cm³/mol. The summed E-state index contributed by atoms with van der Waals surface area (Å²) in [5.74, 6) is -0.626. The van der Waals surface area contributed by atoms with Gasteiger partial charge in [-0.25, -0.2) is 4.79 Å². The first-order chi connectivity index (χ1) is 12.9. The van der Waals surface area contributed by atoms with E-state index in [4.69, 9.17) is 15.2 Å². The lowest BCUT2D eigenvalue weighted by Gasteiger charge is -2.24. The Hall–Kier alpha value is -3.07. The van der Waals surface area contributed by atoms with Crippen LogP contribution in [-0.4, -0.2) is 45.1 Å². The van der Waals surface area contributed by atoms with Crippen LogP contribution in [-0.2, 0) is 14.3 Å². The molecule has 0 unspecified atom stereocenters. The molecule has 2 aromatic rings. The van der Waals surface area contributed by atoms with Crippen molar-refractivity contribution in [3.8, 4) is 5.75 Å². The van der Waals surface area contributed by atoms with Gasteiger partial charge in [-0.2, -0.15) is 0 Å². The van der Waals surface area contributed by atoms with Crippen molar-refractivity contribution in [1.29, 1.82) is 0 Å². The number of carbonyl (C=O) groups excluding carboxylic acids is 3. The van der Waals surface area contributed by atoms with Crippen LogP contribution in [0, 0.1) is 0 Å². The monoisotopic (exact) mass is 391 g/mol. The molecule has 1 aromatic heterocycles. The Morgan fingerprint density at radius 1 is 1.15 bits per heavy atom. The zero-order valence-corrected chi connectivity index (χ0v) is 15.9. The summed E-state index contributed by atoms with van der Waals surface area (Å²) in [6.45, 7) is 0.263. The number of amides is 2. The molecule has 2 rings (SSSR count). The molecule has 0 saturated carbocycles. The number of esters is 1. The fourth-order valence-electron chi connectivity index (χ4n) is 2.36. The van der Waals surface area contributed by atoms with Gasteiger partial charge in [0.15, 0.2) is 0 Å². The van der Waals surface area contributed by atoms with Crippen LogP contribution in [0.5, 0.6) is 5.75 Å². The number of thiophene rings is 1. The van der Waals surface area contributed by atoms with Crippen molar-refractivity contribution in [2.24, 2.45) is 5.73 Å². The van der Waals surface area contributed by atoms with Crippen LogP contribution < -0.4 is 20.7 Å². The highest BCUT2D eigenvalue weighted by atomic mass is 32.1. The number of benzene rings is 1. The second kappa shape index (κ2) is 9.58. The number of hydrogen-bond donors (Lipinski definition) is 2. The first kappa shape index (κ1) is 20.2. The number of anilines is 2. The second-order valence-corrected chi connectivity index (χ2v) is 6.46. The first-order valence-corrected chi connectivity index (χ1v) is 8.95. The van der Waals surface area contributed by atoms with E-state index < -0.39 is 11.9 Å². The standard InChI is InChI=1S/C18H21N3O5S/c1-25-13-5-3-12(4-6-13)21(9-7-15(19)22)11-16(23)20-14-8-10-27-17(14)18(24)26-2/h3-6,8,10H,7,9,11H2,1-2H3,(H2,19,22)(H,20,23). The van der Waals surface area contributed by atoms with Crippen molar-refractivity contribution >= 4 is 40.5 Å². The number of primary amides is 1. The molecule has 144 valence electrons. The molecule has 9 heteroatoms. The van der Waals surface area contributed by atoms with Gasteiger partial charge < -0.3 is 25.4 Å². The van der Waals surface area contributed by atoms with Gasteiger partial charge >= 0.3 is 5.97 Å². The van der Waals surface area contributed by atoms with E-state index in [1.165, 1.54) is 18.4 Å². The number of carbonyl (C=O) groups is 3. The van der Waals surface area contributed by atoms with Crippen LogP contribution in [0.25, 0.3) is 0 Å². The van der Waals surface area contributed by atoms with E-state index in [0.717, 1.165) is 5.69 Å². The molecule has 0 fully saturated rings. The molecule has 0 aliphatic rings. The lowest BCUT2D eigenvalue weighted by molar-refractivity contribution is -0.118. The van der Waals surface area contributed by atoms with Crippen molar-refractivity contribution < 1.29 is 23.9 Å². The molecule has 0 saturated heterocycles. The summed E-state index contributed by atoms with van der Waals surface area (Å²) in [6.07, 6.45) is 0.102. The lowest BCUT2D eigenvalue weighted by Crippen LogP contribution is -2.35. The lowest BCUT2D eigenvalue weighted by atomic mass is 10.2. The number of rotatable bonds is 9. The average molecular weight is 391 g/mol. The van der Waals surface area contributed by atoms with Gasteiger partial charge in [-0.05, 0) is 35.7 Å². The SMILES string of the molecule is COC(=O)c1sccc1NC(=O)CN(CCC(N)=O)c1ccc(OC)cc1. The molecule has 0 bridgehead atoms. The second-order valence-electron chi connectivity index (χ2n) is 5.54. The van der Waals surface area contributed by atoms with Gasteiger partial charge in [0.25, 0.3) is 0 Å². The smallest absolute Gasteiger partial charge is 0.350 e. The highest BCUT2D eigenvalue weighted by molar-refractivity contribution is 7.12. The minimum absolute atomic E-state index is 0.0178. The maximum atomic E-state index is 12.5. The summed E-state index contributed by atoms with van der Waals surface area (Å²) in [4.78, 5) is 37.4. The van der Waals surface area contributed by atoms with Gasteiger partial charge in [-0.15, -0.1) is 11.3 Å². The molecule has 0 aliphatic heterocycles. The molecule has 1 heterocycles. The van der Waals surface area contributed by atoms with Crippen molar-refractivity contribution in [3.63, 3.8) is 0 Å². The van der Waals surface area contributed by atoms with Crippen molar-refractivity contribution in [2.75, 3.05) is 37.5 Å². The largest absolute Gasteiger partial charge is 0.497 e. The van der Waals surface area contributed by atoms with Gasteiger partial charge in [0, 0.05) is 18.7 Å². The van der Waals surface area contributed by atoms with E-state index in [1.807, 2.05) is 0 Å². The Balaban J connectivity index is 2.11. The van der Waals surface area contributed by atoms with E-state index in [9.17, 15) is 14.4 Å². The molecule has 2 amide bonds. The molecular weight excluding hydrogens is 370 g/mol. The average Bonchev–Trinajstić information content (AvgIpc) is 3.12. The Kier molecular flexibility index (Phi) is 7.18. The summed E-state index contributed by atoms with van der Waals surface area (Å²) in [5.41, 5.74) is 6.37. The van der Waals surface area contributed by atoms with Crippen LogP contribution in [0.2, 0.25) is 0 Å². The summed E-state index contributed by atoms with van der Waals surface area (Å²) >= 11 is 1.18. The van der Waals surface area contributed by atoms with E-state index in [0.29, 0.717) is 16.3 Å². The molecule has 3 N–H and O–H groups in total. The van der Waals surface area contributed by atoms with Gasteiger partial charge in [0.05, 0.1) is 26.5 Å². The zero-order valence-electron chi connectivity index (χ0n) is 15.1. The third-order valence-electron chi connectivity index (χ3n) is 3.71. The van der Waals surface area contributed by atoms with Crippen molar-refractivity contribution in [2.45, 2.75) is 6.42 Å². The number of nitrogens with zero attached hydrogens (tertiary/aromatic N) is 1. The molecular formula is C18H21N3O5S. The maximum absolute atomic E-state index is 12.5. The number of nitrogens with two attached hydrogens (primary N) is 1. The molecule has 0 radical (unpaired) electrons. The minimum atomic E-state index is -0.513. The fraction of sp³-hybridized carbons (Fsp3) is 0.278.